The highest BCUT2D eigenvalue weighted by Crippen LogP contribution is 2.25. The van der Waals surface area contributed by atoms with Crippen LogP contribution in [0.1, 0.15) is 32.0 Å². The number of hydrogen-bond acceptors (Lipinski definition) is 2. The molecule has 0 aliphatic heterocycles. The topological polar surface area (TPSA) is 29.9 Å². The first kappa shape index (κ1) is 15.0. The summed E-state index contributed by atoms with van der Waals surface area (Å²) in [6, 6.07) is 5.03. The lowest BCUT2D eigenvalue weighted by molar-refractivity contribution is 0.549. The minimum Gasteiger partial charge on any atom is -0.381 e. The summed E-state index contributed by atoms with van der Waals surface area (Å²) >= 11 is 3.15. The number of halogens is 2. The molecule has 0 saturated heterocycles. The van der Waals surface area contributed by atoms with Crippen molar-refractivity contribution in [2.75, 3.05) is 5.32 Å². The average Bonchev–Trinajstić information content (AvgIpc) is 2.72. The van der Waals surface area contributed by atoms with E-state index in [-0.39, 0.29) is 11.2 Å². The van der Waals surface area contributed by atoms with Gasteiger partial charge in [0.25, 0.3) is 0 Å². The summed E-state index contributed by atoms with van der Waals surface area (Å²) in [5.74, 6) is -0.266. The van der Waals surface area contributed by atoms with E-state index in [4.69, 9.17) is 0 Å². The smallest absolute Gasteiger partial charge is 0.139 e. The van der Waals surface area contributed by atoms with E-state index in [9.17, 15) is 4.39 Å². The molecule has 0 aliphatic carbocycles. The summed E-state index contributed by atoms with van der Waals surface area (Å²) in [5.41, 5.74) is 2.94. The molecule has 108 valence electrons. The van der Waals surface area contributed by atoms with Crippen LogP contribution in [0.4, 0.5) is 10.1 Å². The molecule has 20 heavy (non-hydrogen) atoms. The summed E-state index contributed by atoms with van der Waals surface area (Å²) < 4.78 is 15.8. The Balaban J connectivity index is 2.17. The van der Waals surface area contributed by atoms with E-state index in [1.54, 1.807) is 6.07 Å². The van der Waals surface area contributed by atoms with Crippen LogP contribution in [0.5, 0.6) is 0 Å². The highest BCUT2D eigenvalue weighted by molar-refractivity contribution is 9.10. The Morgan fingerprint density at radius 2 is 2.05 bits per heavy atom. The van der Waals surface area contributed by atoms with Gasteiger partial charge in [-0.15, -0.1) is 0 Å². The molecule has 0 amide bonds. The van der Waals surface area contributed by atoms with Gasteiger partial charge in [-0.3, -0.25) is 4.68 Å². The van der Waals surface area contributed by atoms with Gasteiger partial charge in [0.1, 0.15) is 5.82 Å². The van der Waals surface area contributed by atoms with E-state index in [1.807, 2.05) is 24.0 Å². The van der Waals surface area contributed by atoms with Crippen LogP contribution in [0.25, 0.3) is 0 Å². The number of rotatable bonds is 3. The Hall–Kier alpha value is -1.36. The molecule has 0 atom stereocenters. The van der Waals surface area contributed by atoms with Gasteiger partial charge < -0.3 is 5.32 Å². The molecule has 0 fully saturated rings. The van der Waals surface area contributed by atoms with Gasteiger partial charge in [0, 0.05) is 36.5 Å². The van der Waals surface area contributed by atoms with Crippen molar-refractivity contribution in [2.24, 2.45) is 7.05 Å². The molecule has 2 rings (SSSR count). The van der Waals surface area contributed by atoms with Crippen molar-refractivity contribution in [1.29, 1.82) is 0 Å². The zero-order valence-electron chi connectivity index (χ0n) is 12.2. The van der Waals surface area contributed by atoms with Crippen LogP contribution in [-0.4, -0.2) is 9.78 Å². The minimum atomic E-state index is -0.266. The molecule has 0 unspecified atom stereocenters. The van der Waals surface area contributed by atoms with Gasteiger partial charge in [-0.1, -0.05) is 20.8 Å². The van der Waals surface area contributed by atoms with Crippen LogP contribution in [-0.2, 0) is 19.0 Å². The molecule has 1 heterocycles. The second-order valence-electron chi connectivity index (χ2n) is 5.91. The minimum absolute atomic E-state index is 0.0107. The van der Waals surface area contributed by atoms with Gasteiger partial charge in [0.15, 0.2) is 0 Å². The molecule has 5 heteroatoms. The van der Waals surface area contributed by atoms with E-state index < -0.39 is 0 Å². The Labute approximate surface area is 127 Å². The van der Waals surface area contributed by atoms with Crippen molar-refractivity contribution in [2.45, 2.75) is 32.7 Å². The lowest BCUT2D eigenvalue weighted by Gasteiger charge is -2.18. The van der Waals surface area contributed by atoms with E-state index in [0.29, 0.717) is 11.0 Å². The van der Waals surface area contributed by atoms with Crippen molar-refractivity contribution < 1.29 is 4.39 Å². The number of anilines is 1. The van der Waals surface area contributed by atoms with Gasteiger partial charge in [0.05, 0.1) is 10.2 Å². The second kappa shape index (κ2) is 5.56. The van der Waals surface area contributed by atoms with Crippen molar-refractivity contribution in [3.8, 4) is 0 Å². The lowest BCUT2D eigenvalue weighted by Crippen LogP contribution is -2.16. The third-order valence-corrected chi connectivity index (χ3v) is 3.66. The normalized spacial score (nSPS) is 11.7. The van der Waals surface area contributed by atoms with Gasteiger partial charge in [-0.05, 0) is 34.1 Å². The Bertz CT molecular complexity index is 614. The summed E-state index contributed by atoms with van der Waals surface area (Å²) in [7, 11) is 1.91. The first-order valence-corrected chi connectivity index (χ1v) is 7.28. The van der Waals surface area contributed by atoms with E-state index in [0.717, 1.165) is 16.9 Å². The summed E-state index contributed by atoms with van der Waals surface area (Å²) in [5, 5.41) is 7.76. The summed E-state index contributed by atoms with van der Waals surface area (Å²) in [6.07, 6.45) is 2.00. The number of nitrogens with one attached hydrogen (secondary N) is 1. The molecule has 2 aromatic rings. The van der Waals surface area contributed by atoms with Crippen molar-refractivity contribution in [3.05, 3.63) is 45.9 Å². The second-order valence-corrected chi connectivity index (χ2v) is 6.76. The molecular weight excluding hydrogens is 321 g/mol. The van der Waals surface area contributed by atoms with Gasteiger partial charge >= 0.3 is 0 Å². The highest BCUT2D eigenvalue weighted by Gasteiger charge is 2.21. The standard InChI is InChI=1S/C15H19BrFN3/c1-15(2,3)14-10(9-20(4)19-14)8-18-11-5-6-12(16)13(17)7-11/h5-7,9,18H,8H2,1-4H3. The Morgan fingerprint density at radius 3 is 2.65 bits per heavy atom. The quantitative estimate of drug-likeness (QED) is 0.906. The van der Waals surface area contributed by atoms with Gasteiger partial charge in [0.2, 0.25) is 0 Å². The average molecular weight is 340 g/mol. The fourth-order valence-corrected chi connectivity index (χ4v) is 2.35. The molecule has 3 nitrogen and oxygen atoms in total. The zero-order chi connectivity index (χ0) is 14.9. The monoisotopic (exact) mass is 339 g/mol. The van der Waals surface area contributed by atoms with E-state index in [2.05, 4.69) is 47.1 Å². The van der Waals surface area contributed by atoms with Gasteiger partial charge in [-0.2, -0.15) is 5.10 Å². The predicted molar refractivity (Wildman–Crippen MR) is 83.3 cm³/mol. The van der Waals surface area contributed by atoms with Crippen LogP contribution in [0, 0.1) is 5.82 Å². The maximum absolute atomic E-state index is 13.5. The first-order chi connectivity index (χ1) is 9.27. The van der Waals surface area contributed by atoms with E-state index >= 15 is 0 Å². The number of aromatic nitrogens is 2. The lowest BCUT2D eigenvalue weighted by atomic mass is 9.89. The fraction of sp³-hybridized carbons (Fsp3) is 0.400. The Kier molecular flexibility index (Phi) is 4.18. The van der Waals surface area contributed by atoms with Crippen LogP contribution in [0.2, 0.25) is 0 Å². The number of benzene rings is 1. The molecule has 0 radical (unpaired) electrons. The van der Waals surface area contributed by atoms with Gasteiger partial charge in [-0.25, -0.2) is 4.39 Å². The predicted octanol–water partition coefficient (Wildman–Crippen LogP) is 4.23. The van der Waals surface area contributed by atoms with Crippen LogP contribution < -0.4 is 5.32 Å². The fourth-order valence-electron chi connectivity index (χ4n) is 2.10. The highest BCUT2D eigenvalue weighted by atomic mass is 79.9. The van der Waals surface area contributed by atoms with Crippen molar-refractivity contribution in [1.82, 2.24) is 9.78 Å². The molecule has 1 aromatic carbocycles. The maximum Gasteiger partial charge on any atom is 0.139 e. The zero-order valence-corrected chi connectivity index (χ0v) is 13.8. The largest absolute Gasteiger partial charge is 0.381 e. The van der Waals surface area contributed by atoms with Crippen molar-refractivity contribution >= 4 is 21.6 Å². The molecule has 1 aromatic heterocycles. The third-order valence-electron chi connectivity index (χ3n) is 3.02. The summed E-state index contributed by atoms with van der Waals surface area (Å²) in [6.45, 7) is 7.04. The number of aryl methyl sites for hydroxylation is 1. The first-order valence-electron chi connectivity index (χ1n) is 6.49. The third kappa shape index (κ3) is 3.39. The molecule has 0 spiro atoms. The Morgan fingerprint density at radius 1 is 1.35 bits per heavy atom. The molecule has 0 saturated carbocycles. The number of nitrogens with zero attached hydrogens (tertiary/aromatic N) is 2. The SMILES string of the molecule is Cn1cc(CNc2ccc(Br)c(F)c2)c(C(C)(C)C)n1. The summed E-state index contributed by atoms with van der Waals surface area (Å²) in [4.78, 5) is 0. The molecule has 1 N–H and O–H groups in total. The van der Waals surface area contributed by atoms with Crippen LogP contribution in [0.3, 0.4) is 0 Å². The molecular formula is C15H19BrFN3. The molecule has 0 bridgehead atoms. The number of hydrogen-bond donors (Lipinski definition) is 1. The van der Waals surface area contributed by atoms with Crippen molar-refractivity contribution in [3.63, 3.8) is 0 Å². The maximum atomic E-state index is 13.5. The van der Waals surface area contributed by atoms with Crippen LogP contribution in [0.15, 0.2) is 28.9 Å². The molecule has 0 aliphatic rings. The van der Waals surface area contributed by atoms with E-state index in [1.165, 1.54) is 6.07 Å². The van der Waals surface area contributed by atoms with Crippen LogP contribution >= 0.6 is 15.9 Å².